The van der Waals surface area contributed by atoms with Crippen molar-refractivity contribution in [3.63, 3.8) is 0 Å². The number of hydrogen-bond acceptors (Lipinski definition) is 5. The van der Waals surface area contributed by atoms with E-state index in [1.54, 1.807) is 11.3 Å². The van der Waals surface area contributed by atoms with Crippen LogP contribution in [0.25, 0.3) is 0 Å². The highest BCUT2D eigenvalue weighted by molar-refractivity contribution is 7.07. The molecule has 2 aliphatic rings. The van der Waals surface area contributed by atoms with Crippen molar-refractivity contribution < 1.29 is 9.47 Å². The third-order valence-electron chi connectivity index (χ3n) is 5.02. The molecule has 0 amide bonds. The van der Waals surface area contributed by atoms with Crippen molar-refractivity contribution in [3.8, 4) is 11.5 Å². The zero-order valence-electron chi connectivity index (χ0n) is 15.0. The molecule has 4 nitrogen and oxygen atoms in total. The molecule has 0 saturated heterocycles. The van der Waals surface area contributed by atoms with E-state index < -0.39 is 0 Å². The summed E-state index contributed by atoms with van der Waals surface area (Å²) in [6.45, 7) is 2.61. The first-order valence-corrected chi connectivity index (χ1v) is 10.1. The molecule has 5 rings (SSSR count). The normalized spacial score (nSPS) is 20.5. The summed E-state index contributed by atoms with van der Waals surface area (Å²) >= 11 is 1.67. The minimum absolute atomic E-state index is 0.147. The van der Waals surface area contributed by atoms with Gasteiger partial charge < -0.3 is 9.47 Å². The molecule has 0 spiro atoms. The van der Waals surface area contributed by atoms with Gasteiger partial charge in [-0.3, -0.25) is 0 Å². The maximum atomic E-state index is 6.46. The number of ether oxygens (including phenoxy) is 2. The standard InChI is InChI=1S/C22H20N2O2S/c1-2-25-20-10-6-9-17-19-13-18(15-7-4-3-5-8-15)23-24(19)22(26-21(17)20)16-11-12-27-14-16/h3-12,14,19,22H,2,13H2,1H3/t19-,22-/m1/s1. The van der Waals surface area contributed by atoms with Gasteiger partial charge in [0.25, 0.3) is 0 Å². The van der Waals surface area contributed by atoms with Gasteiger partial charge in [-0.25, -0.2) is 5.01 Å². The molecule has 2 aromatic carbocycles. The fourth-order valence-electron chi connectivity index (χ4n) is 3.79. The number of fused-ring (bicyclic) bond motifs is 3. The lowest BCUT2D eigenvalue weighted by atomic mass is 9.96. The van der Waals surface area contributed by atoms with Gasteiger partial charge in [0.05, 0.1) is 18.4 Å². The van der Waals surface area contributed by atoms with Gasteiger partial charge in [0.1, 0.15) is 0 Å². The maximum absolute atomic E-state index is 6.46. The van der Waals surface area contributed by atoms with Gasteiger partial charge in [0, 0.05) is 17.5 Å². The summed E-state index contributed by atoms with van der Waals surface area (Å²) < 4.78 is 12.3. The molecule has 0 radical (unpaired) electrons. The van der Waals surface area contributed by atoms with Crippen LogP contribution in [0.4, 0.5) is 0 Å². The molecule has 2 aliphatic heterocycles. The molecule has 3 aromatic rings. The van der Waals surface area contributed by atoms with Crippen LogP contribution >= 0.6 is 11.3 Å². The van der Waals surface area contributed by atoms with Gasteiger partial charge in [-0.2, -0.15) is 16.4 Å². The van der Waals surface area contributed by atoms with E-state index in [9.17, 15) is 0 Å². The zero-order valence-corrected chi connectivity index (χ0v) is 15.9. The number of hydrogen-bond donors (Lipinski definition) is 0. The summed E-state index contributed by atoms with van der Waals surface area (Å²) in [7, 11) is 0. The lowest BCUT2D eigenvalue weighted by Gasteiger charge is -2.38. The molecule has 0 saturated carbocycles. The molecule has 1 aromatic heterocycles. The Labute approximate surface area is 162 Å². The zero-order chi connectivity index (χ0) is 18.2. The number of benzene rings is 2. The molecule has 5 heteroatoms. The summed E-state index contributed by atoms with van der Waals surface area (Å²) in [5, 5.41) is 11.3. The van der Waals surface area contributed by atoms with Crippen molar-refractivity contribution in [2.24, 2.45) is 5.10 Å². The molecule has 0 unspecified atom stereocenters. The molecule has 0 aliphatic carbocycles. The quantitative estimate of drug-likeness (QED) is 0.612. The highest BCUT2D eigenvalue weighted by Gasteiger charge is 2.42. The van der Waals surface area contributed by atoms with Crippen molar-refractivity contribution in [2.45, 2.75) is 25.6 Å². The van der Waals surface area contributed by atoms with Crippen LogP contribution in [0.3, 0.4) is 0 Å². The minimum Gasteiger partial charge on any atom is -0.490 e. The van der Waals surface area contributed by atoms with Crippen molar-refractivity contribution >= 4 is 17.0 Å². The van der Waals surface area contributed by atoms with Crippen LogP contribution < -0.4 is 9.47 Å². The molecule has 0 N–H and O–H groups in total. The Bertz CT molecular complexity index is 969. The van der Waals surface area contributed by atoms with E-state index >= 15 is 0 Å². The summed E-state index contributed by atoms with van der Waals surface area (Å²) in [4.78, 5) is 0. The lowest BCUT2D eigenvalue weighted by Crippen LogP contribution is -2.33. The third kappa shape index (κ3) is 2.79. The second-order valence-corrected chi connectivity index (χ2v) is 7.43. The largest absolute Gasteiger partial charge is 0.490 e. The monoisotopic (exact) mass is 376 g/mol. The molecule has 0 bridgehead atoms. The van der Waals surface area contributed by atoms with Crippen molar-refractivity contribution in [3.05, 3.63) is 82.0 Å². The number of para-hydroxylation sites is 1. The predicted octanol–water partition coefficient (Wildman–Crippen LogP) is 5.39. The van der Waals surface area contributed by atoms with E-state index in [1.807, 2.05) is 25.1 Å². The summed E-state index contributed by atoms with van der Waals surface area (Å²) in [6.07, 6.45) is 0.618. The fraction of sp³-hybridized carbons (Fsp3) is 0.227. The van der Waals surface area contributed by atoms with Gasteiger partial charge in [-0.15, -0.1) is 0 Å². The van der Waals surface area contributed by atoms with E-state index in [2.05, 4.69) is 52.2 Å². The number of hydrazone groups is 1. The Morgan fingerprint density at radius 2 is 2.04 bits per heavy atom. The minimum atomic E-state index is -0.239. The lowest BCUT2D eigenvalue weighted by molar-refractivity contribution is -0.0209. The number of nitrogens with zero attached hydrogens (tertiary/aromatic N) is 2. The Hall–Kier alpha value is -2.79. The molecule has 3 heterocycles. The van der Waals surface area contributed by atoms with Crippen molar-refractivity contribution in [1.29, 1.82) is 0 Å². The predicted molar refractivity (Wildman–Crippen MR) is 107 cm³/mol. The van der Waals surface area contributed by atoms with E-state index in [0.29, 0.717) is 6.61 Å². The van der Waals surface area contributed by atoms with Crippen molar-refractivity contribution in [2.75, 3.05) is 6.61 Å². The van der Waals surface area contributed by atoms with Crippen LogP contribution in [0, 0.1) is 0 Å². The van der Waals surface area contributed by atoms with Crippen LogP contribution in [0.1, 0.15) is 42.3 Å². The molecule has 136 valence electrons. The van der Waals surface area contributed by atoms with Crippen LogP contribution in [-0.2, 0) is 0 Å². The molecule has 2 atom stereocenters. The number of rotatable bonds is 4. The van der Waals surface area contributed by atoms with Crippen molar-refractivity contribution in [1.82, 2.24) is 5.01 Å². The molecular weight excluding hydrogens is 356 g/mol. The molecule has 27 heavy (non-hydrogen) atoms. The Morgan fingerprint density at radius 1 is 1.15 bits per heavy atom. The first-order valence-electron chi connectivity index (χ1n) is 9.21. The summed E-state index contributed by atoms with van der Waals surface area (Å²) in [6, 6.07) is 18.8. The maximum Gasteiger partial charge on any atom is 0.214 e. The topological polar surface area (TPSA) is 34.1 Å². The van der Waals surface area contributed by atoms with Gasteiger partial charge in [-0.1, -0.05) is 42.5 Å². The van der Waals surface area contributed by atoms with Crippen LogP contribution in [-0.4, -0.2) is 17.3 Å². The fourth-order valence-corrected chi connectivity index (χ4v) is 4.46. The first kappa shape index (κ1) is 16.4. The van der Waals surface area contributed by atoms with Gasteiger partial charge in [0.15, 0.2) is 11.5 Å². The van der Waals surface area contributed by atoms with E-state index in [0.717, 1.165) is 34.8 Å². The molecular formula is C22H20N2O2S. The summed E-state index contributed by atoms with van der Waals surface area (Å²) in [5.74, 6) is 1.66. The van der Waals surface area contributed by atoms with Gasteiger partial charge in [0.2, 0.25) is 6.23 Å². The van der Waals surface area contributed by atoms with Crippen LogP contribution in [0.2, 0.25) is 0 Å². The summed E-state index contributed by atoms with van der Waals surface area (Å²) in [5.41, 5.74) is 4.53. The van der Waals surface area contributed by atoms with Crippen LogP contribution in [0.5, 0.6) is 11.5 Å². The van der Waals surface area contributed by atoms with Gasteiger partial charge in [-0.05, 0) is 35.4 Å². The smallest absolute Gasteiger partial charge is 0.214 e. The Balaban J connectivity index is 1.61. The first-order chi connectivity index (χ1) is 13.3. The van der Waals surface area contributed by atoms with E-state index in [-0.39, 0.29) is 12.3 Å². The van der Waals surface area contributed by atoms with E-state index in [4.69, 9.17) is 14.6 Å². The average molecular weight is 376 g/mol. The van der Waals surface area contributed by atoms with E-state index in [1.165, 1.54) is 5.56 Å². The van der Waals surface area contributed by atoms with Crippen LogP contribution in [0.15, 0.2) is 70.5 Å². The highest BCUT2D eigenvalue weighted by Crippen LogP contribution is 2.50. The average Bonchev–Trinajstić information content (AvgIpc) is 3.39. The Morgan fingerprint density at radius 3 is 2.81 bits per heavy atom. The highest BCUT2D eigenvalue weighted by atomic mass is 32.1. The SMILES string of the molecule is CCOc1cccc2c1O[C@H](c1ccsc1)N1N=C(c3ccccc3)C[C@H]21. The second kappa shape index (κ2) is 6.74. The third-order valence-corrected chi connectivity index (χ3v) is 5.72. The van der Waals surface area contributed by atoms with Gasteiger partial charge >= 0.3 is 0 Å². The number of thiophene rings is 1. The second-order valence-electron chi connectivity index (χ2n) is 6.65. The Kier molecular flexibility index (Phi) is 4.09. The molecule has 0 fully saturated rings.